The highest BCUT2D eigenvalue weighted by Gasteiger charge is 2.35. The summed E-state index contributed by atoms with van der Waals surface area (Å²) in [4.78, 5) is 21.1. The highest BCUT2D eigenvalue weighted by Crippen LogP contribution is 2.26. The molecule has 25 heavy (non-hydrogen) atoms. The highest BCUT2D eigenvalue weighted by atomic mass is 16.3. The predicted octanol–water partition coefficient (Wildman–Crippen LogP) is 1.96. The molecule has 138 valence electrons. The van der Waals surface area contributed by atoms with Gasteiger partial charge in [-0.05, 0) is 56.0 Å². The molecular weight excluding hydrogens is 314 g/mol. The number of aliphatic hydroxyl groups excluding tert-OH is 1. The summed E-state index contributed by atoms with van der Waals surface area (Å²) in [5.74, 6) is 0.856. The third kappa shape index (κ3) is 5.25. The molecule has 2 aliphatic rings. The summed E-state index contributed by atoms with van der Waals surface area (Å²) in [7, 11) is 0. The van der Waals surface area contributed by atoms with Crippen LogP contribution in [0.25, 0.3) is 0 Å². The average Bonchev–Trinajstić information content (AvgIpc) is 2.87. The van der Waals surface area contributed by atoms with E-state index in [0.29, 0.717) is 18.9 Å². The molecule has 0 aliphatic carbocycles. The molecule has 2 aliphatic heterocycles. The Morgan fingerprint density at radius 1 is 1.08 bits per heavy atom. The second-order valence-corrected chi connectivity index (χ2v) is 7.57. The van der Waals surface area contributed by atoms with E-state index in [9.17, 15) is 9.90 Å². The minimum Gasteiger partial charge on any atom is -0.396 e. The zero-order valence-electron chi connectivity index (χ0n) is 15.1. The first-order valence-electron chi connectivity index (χ1n) is 9.76. The highest BCUT2D eigenvalue weighted by molar-refractivity contribution is 5.76. The minimum atomic E-state index is 0.187. The number of aliphatic hydroxyl groups is 1. The van der Waals surface area contributed by atoms with Crippen molar-refractivity contribution in [3.63, 3.8) is 0 Å². The fraction of sp³-hybridized carbons (Fsp3) is 0.700. The van der Waals surface area contributed by atoms with E-state index in [1.165, 1.54) is 38.8 Å². The van der Waals surface area contributed by atoms with E-state index in [1.807, 2.05) is 17.0 Å². The van der Waals surface area contributed by atoms with Crippen molar-refractivity contribution in [1.29, 1.82) is 0 Å². The van der Waals surface area contributed by atoms with Crippen LogP contribution in [0.4, 0.5) is 0 Å². The van der Waals surface area contributed by atoms with Gasteiger partial charge in [0.15, 0.2) is 0 Å². The summed E-state index contributed by atoms with van der Waals surface area (Å²) < 4.78 is 0. The van der Waals surface area contributed by atoms with Gasteiger partial charge in [0, 0.05) is 51.0 Å². The second-order valence-electron chi connectivity index (χ2n) is 7.57. The number of nitrogens with zero attached hydrogens (tertiary/aromatic N) is 3. The van der Waals surface area contributed by atoms with Gasteiger partial charge in [0.25, 0.3) is 0 Å². The number of amides is 1. The second kappa shape index (κ2) is 9.30. The third-order valence-electron chi connectivity index (χ3n) is 5.73. The molecule has 0 unspecified atom stereocenters. The molecule has 2 fully saturated rings. The average molecular weight is 345 g/mol. The van der Waals surface area contributed by atoms with Crippen LogP contribution >= 0.6 is 0 Å². The lowest BCUT2D eigenvalue weighted by Gasteiger charge is -2.26. The van der Waals surface area contributed by atoms with Crippen LogP contribution in [0, 0.1) is 11.8 Å². The van der Waals surface area contributed by atoms with Crippen molar-refractivity contribution in [1.82, 2.24) is 14.8 Å². The number of pyridine rings is 1. The Kier molecular flexibility index (Phi) is 6.82. The summed E-state index contributed by atoms with van der Waals surface area (Å²) in [5.41, 5.74) is 1.15. The molecule has 5 heteroatoms. The molecule has 0 spiro atoms. The van der Waals surface area contributed by atoms with Crippen LogP contribution in [0.2, 0.25) is 0 Å². The van der Waals surface area contributed by atoms with Gasteiger partial charge in [0.05, 0.1) is 0 Å². The van der Waals surface area contributed by atoms with Gasteiger partial charge in [-0.3, -0.25) is 9.78 Å². The molecule has 3 heterocycles. The first-order valence-corrected chi connectivity index (χ1v) is 9.76. The lowest BCUT2D eigenvalue weighted by molar-refractivity contribution is -0.130. The molecule has 2 saturated heterocycles. The van der Waals surface area contributed by atoms with Crippen LogP contribution < -0.4 is 0 Å². The topological polar surface area (TPSA) is 56.7 Å². The van der Waals surface area contributed by atoms with Gasteiger partial charge in [0.2, 0.25) is 5.91 Å². The van der Waals surface area contributed by atoms with Crippen molar-refractivity contribution >= 4 is 5.91 Å². The molecule has 0 aromatic carbocycles. The quantitative estimate of drug-likeness (QED) is 0.856. The zero-order valence-corrected chi connectivity index (χ0v) is 15.1. The van der Waals surface area contributed by atoms with E-state index in [-0.39, 0.29) is 18.4 Å². The van der Waals surface area contributed by atoms with Crippen LogP contribution in [0.15, 0.2) is 24.5 Å². The largest absolute Gasteiger partial charge is 0.396 e. The van der Waals surface area contributed by atoms with Crippen LogP contribution in [0.1, 0.15) is 37.7 Å². The Bertz CT molecular complexity index is 529. The van der Waals surface area contributed by atoms with Gasteiger partial charge >= 0.3 is 0 Å². The Hall–Kier alpha value is -1.46. The first kappa shape index (κ1) is 18.3. The lowest BCUT2D eigenvalue weighted by atomic mass is 9.96. The van der Waals surface area contributed by atoms with Gasteiger partial charge in [-0.25, -0.2) is 0 Å². The van der Waals surface area contributed by atoms with Gasteiger partial charge in [-0.2, -0.15) is 0 Å². The van der Waals surface area contributed by atoms with E-state index in [0.717, 1.165) is 25.1 Å². The number of hydrogen-bond acceptors (Lipinski definition) is 4. The maximum Gasteiger partial charge on any atom is 0.222 e. The van der Waals surface area contributed by atoms with Crippen molar-refractivity contribution in [3.8, 4) is 0 Å². The Morgan fingerprint density at radius 2 is 1.76 bits per heavy atom. The number of carbonyl (C=O) groups is 1. The van der Waals surface area contributed by atoms with Crippen LogP contribution in [0.3, 0.4) is 0 Å². The SMILES string of the molecule is O=C(CCc1ccncc1)N1C[C@@H](CO)[C@@H](CN2CCCCCC2)C1. The molecule has 3 rings (SSSR count). The van der Waals surface area contributed by atoms with Crippen molar-refractivity contribution in [2.75, 3.05) is 39.3 Å². The molecule has 1 N–H and O–H groups in total. The number of aromatic nitrogens is 1. The Balaban J connectivity index is 1.50. The van der Waals surface area contributed by atoms with Crippen LogP contribution in [-0.2, 0) is 11.2 Å². The summed E-state index contributed by atoms with van der Waals surface area (Å²) in [6, 6.07) is 3.94. The Labute approximate surface area is 151 Å². The fourth-order valence-electron chi connectivity index (χ4n) is 4.17. The monoisotopic (exact) mass is 345 g/mol. The standard InChI is InChI=1S/C20H31N3O2/c24-16-19-15-23(20(25)6-5-17-7-9-21-10-8-17)14-18(19)13-22-11-3-1-2-4-12-22/h7-10,18-19,24H,1-6,11-16H2/t18-,19-/m0/s1. The number of likely N-dealkylation sites (tertiary alicyclic amines) is 2. The summed E-state index contributed by atoms with van der Waals surface area (Å²) in [6.45, 7) is 5.07. The minimum absolute atomic E-state index is 0.187. The van der Waals surface area contributed by atoms with Crippen molar-refractivity contribution in [3.05, 3.63) is 30.1 Å². The summed E-state index contributed by atoms with van der Waals surface area (Å²) in [6.07, 6.45) is 10.1. The number of rotatable bonds is 6. The van der Waals surface area contributed by atoms with E-state index >= 15 is 0 Å². The maximum atomic E-state index is 12.6. The zero-order chi connectivity index (χ0) is 17.5. The summed E-state index contributed by atoms with van der Waals surface area (Å²) in [5, 5.41) is 9.77. The van der Waals surface area contributed by atoms with Gasteiger partial charge in [-0.15, -0.1) is 0 Å². The van der Waals surface area contributed by atoms with Gasteiger partial charge < -0.3 is 14.9 Å². The molecule has 1 aromatic rings. The number of carbonyl (C=O) groups excluding carboxylic acids is 1. The molecule has 2 atom stereocenters. The van der Waals surface area contributed by atoms with Gasteiger partial charge in [-0.1, -0.05) is 12.8 Å². The smallest absolute Gasteiger partial charge is 0.222 e. The van der Waals surface area contributed by atoms with Gasteiger partial charge in [0.1, 0.15) is 0 Å². The molecular formula is C20H31N3O2. The van der Waals surface area contributed by atoms with Crippen molar-refractivity contribution in [2.24, 2.45) is 11.8 Å². The number of hydrogen-bond donors (Lipinski definition) is 1. The first-order chi connectivity index (χ1) is 12.3. The molecule has 5 nitrogen and oxygen atoms in total. The van der Waals surface area contributed by atoms with E-state index < -0.39 is 0 Å². The number of aryl methyl sites for hydroxylation is 1. The van der Waals surface area contributed by atoms with Crippen LogP contribution in [-0.4, -0.2) is 65.1 Å². The maximum absolute atomic E-state index is 12.6. The third-order valence-corrected chi connectivity index (χ3v) is 5.73. The predicted molar refractivity (Wildman–Crippen MR) is 98.1 cm³/mol. The van der Waals surface area contributed by atoms with Crippen LogP contribution in [0.5, 0.6) is 0 Å². The fourth-order valence-corrected chi connectivity index (χ4v) is 4.17. The lowest BCUT2D eigenvalue weighted by Crippen LogP contribution is -2.35. The summed E-state index contributed by atoms with van der Waals surface area (Å²) >= 11 is 0. The molecule has 0 saturated carbocycles. The Morgan fingerprint density at radius 3 is 2.44 bits per heavy atom. The van der Waals surface area contributed by atoms with E-state index in [2.05, 4.69) is 9.88 Å². The normalized spacial score (nSPS) is 25.1. The molecule has 1 aromatic heterocycles. The van der Waals surface area contributed by atoms with E-state index in [4.69, 9.17) is 0 Å². The molecule has 0 bridgehead atoms. The van der Waals surface area contributed by atoms with Crippen molar-refractivity contribution in [2.45, 2.75) is 38.5 Å². The molecule has 1 amide bonds. The van der Waals surface area contributed by atoms with Crippen molar-refractivity contribution < 1.29 is 9.90 Å². The van der Waals surface area contributed by atoms with E-state index in [1.54, 1.807) is 12.4 Å². The molecule has 0 radical (unpaired) electrons.